The van der Waals surface area contributed by atoms with E-state index in [1.54, 1.807) is 24.3 Å². The quantitative estimate of drug-likeness (QED) is 0.765. The molecule has 2 aromatic rings. The minimum absolute atomic E-state index is 0.157. The summed E-state index contributed by atoms with van der Waals surface area (Å²) in [4.78, 5) is 12.3. The number of hydrogen-bond acceptors (Lipinski definition) is 4. The lowest BCUT2D eigenvalue weighted by Crippen LogP contribution is -2.29. The van der Waals surface area contributed by atoms with Crippen LogP contribution >= 0.6 is 0 Å². The number of hydrogen-bond donors (Lipinski definition) is 1. The molecule has 7 heteroatoms. The number of aryl methyl sites for hydroxylation is 1. The SMILES string of the molecule is COC(CNC(=O)CCc1ccc(S(C)(=O)=O)cc1)c1cccc(F)c1. The molecule has 0 aliphatic rings. The van der Waals surface area contributed by atoms with Crippen LogP contribution in [-0.4, -0.2) is 34.2 Å². The van der Waals surface area contributed by atoms with Gasteiger partial charge in [-0.05, 0) is 41.8 Å². The maximum absolute atomic E-state index is 13.3. The summed E-state index contributed by atoms with van der Waals surface area (Å²) in [5.41, 5.74) is 1.53. The molecule has 0 fully saturated rings. The first kappa shape index (κ1) is 20.1. The summed E-state index contributed by atoms with van der Waals surface area (Å²) >= 11 is 0. The van der Waals surface area contributed by atoms with Crippen molar-refractivity contribution in [3.05, 3.63) is 65.5 Å². The van der Waals surface area contributed by atoms with Crippen molar-refractivity contribution in [3.8, 4) is 0 Å². The zero-order valence-corrected chi connectivity index (χ0v) is 15.6. The van der Waals surface area contributed by atoms with Gasteiger partial charge in [0.05, 0.1) is 11.0 Å². The Kier molecular flexibility index (Phi) is 6.88. The molecule has 0 saturated heterocycles. The van der Waals surface area contributed by atoms with E-state index >= 15 is 0 Å². The van der Waals surface area contributed by atoms with E-state index in [1.807, 2.05) is 0 Å². The van der Waals surface area contributed by atoms with Crippen LogP contribution in [0.15, 0.2) is 53.4 Å². The molecule has 1 N–H and O–H groups in total. The van der Waals surface area contributed by atoms with Gasteiger partial charge in [-0.3, -0.25) is 4.79 Å². The number of carbonyl (C=O) groups is 1. The van der Waals surface area contributed by atoms with Crippen molar-refractivity contribution in [2.45, 2.75) is 23.8 Å². The van der Waals surface area contributed by atoms with Gasteiger partial charge in [0.15, 0.2) is 9.84 Å². The molecule has 2 rings (SSSR count). The van der Waals surface area contributed by atoms with Gasteiger partial charge in [0, 0.05) is 26.3 Å². The second-order valence-corrected chi connectivity index (χ2v) is 8.02. The van der Waals surface area contributed by atoms with Crippen molar-refractivity contribution in [3.63, 3.8) is 0 Å². The molecule has 0 aliphatic carbocycles. The molecule has 1 unspecified atom stereocenters. The van der Waals surface area contributed by atoms with Crippen LogP contribution < -0.4 is 5.32 Å². The molecule has 0 radical (unpaired) electrons. The molecule has 5 nitrogen and oxygen atoms in total. The van der Waals surface area contributed by atoms with E-state index in [9.17, 15) is 17.6 Å². The van der Waals surface area contributed by atoms with E-state index in [2.05, 4.69) is 5.32 Å². The Balaban J connectivity index is 1.84. The summed E-state index contributed by atoms with van der Waals surface area (Å²) in [7, 11) is -1.72. The van der Waals surface area contributed by atoms with Gasteiger partial charge < -0.3 is 10.1 Å². The van der Waals surface area contributed by atoms with Crippen LogP contribution in [-0.2, 0) is 25.8 Å². The fourth-order valence-corrected chi connectivity index (χ4v) is 3.13. The van der Waals surface area contributed by atoms with E-state index in [4.69, 9.17) is 4.74 Å². The first-order chi connectivity index (χ1) is 12.3. The molecule has 1 atom stereocenters. The summed E-state index contributed by atoms with van der Waals surface area (Å²) in [5, 5.41) is 2.78. The maximum Gasteiger partial charge on any atom is 0.220 e. The Morgan fingerprint density at radius 2 is 1.88 bits per heavy atom. The highest BCUT2D eigenvalue weighted by Gasteiger charge is 2.13. The molecule has 0 bridgehead atoms. The van der Waals surface area contributed by atoms with Gasteiger partial charge in [-0.25, -0.2) is 12.8 Å². The van der Waals surface area contributed by atoms with Gasteiger partial charge in [0.25, 0.3) is 0 Å². The van der Waals surface area contributed by atoms with Crippen LogP contribution in [0.3, 0.4) is 0 Å². The second-order valence-electron chi connectivity index (χ2n) is 6.00. The molecule has 1 amide bonds. The van der Waals surface area contributed by atoms with E-state index < -0.39 is 15.9 Å². The Labute approximate surface area is 153 Å². The third kappa shape index (κ3) is 5.93. The van der Waals surface area contributed by atoms with Crippen LogP contribution in [0.5, 0.6) is 0 Å². The van der Waals surface area contributed by atoms with Gasteiger partial charge in [0.1, 0.15) is 5.82 Å². The monoisotopic (exact) mass is 379 g/mol. The van der Waals surface area contributed by atoms with Gasteiger partial charge in [-0.15, -0.1) is 0 Å². The molecular weight excluding hydrogens is 357 g/mol. The van der Waals surface area contributed by atoms with Crippen molar-refractivity contribution < 1.29 is 22.3 Å². The van der Waals surface area contributed by atoms with Crippen LogP contribution in [0, 0.1) is 5.82 Å². The summed E-state index contributed by atoms with van der Waals surface area (Å²) in [6, 6.07) is 12.5. The number of rotatable bonds is 8. The molecule has 0 aromatic heterocycles. The van der Waals surface area contributed by atoms with E-state index in [-0.39, 0.29) is 29.6 Å². The van der Waals surface area contributed by atoms with Crippen molar-refractivity contribution in [2.24, 2.45) is 0 Å². The van der Waals surface area contributed by atoms with Crippen LogP contribution in [0.2, 0.25) is 0 Å². The molecule has 140 valence electrons. The highest BCUT2D eigenvalue weighted by Crippen LogP contribution is 2.17. The smallest absolute Gasteiger partial charge is 0.220 e. The number of sulfone groups is 1. The van der Waals surface area contributed by atoms with Crippen molar-refractivity contribution in [1.82, 2.24) is 5.32 Å². The van der Waals surface area contributed by atoms with Gasteiger partial charge in [0.2, 0.25) is 5.91 Å². The molecule has 0 aliphatic heterocycles. The van der Waals surface area contributed by atoms with Gasteiger partial charge in [-0.1, -0.05) is 24.3 Å². The maximum atomic E-state index is 13.3. The normalized spacial score (nSPS) is 12.6. The summed E-state index contributed by atoms with van der Waals surface area (Å²) in [6.07, 6.45) is 1.48. The number of carbonyl (C=O) groups excluding carboxylic acids is 1. The van der Waals surface area contributed by atoms with Gasteiger partial charge in [-0.2, -0.15) is 0 Å². The molecule has 0 spiro atoms. The number of amides is 1. The number of benzene rings is 2. The lowest BCUT2D eigenvalue weighted by atomic mass is 10.1. The third-order valence-electron chi connectivity index (χ3n) is 3.98. The molecule has 0 heterocycles. The predicted molar refractivity (Wildman–Crippen MR) is 97.0 cm³/mol. The predicted octanol–water partition coefficient (Wildman–Crippen LogP) is 2.67. The molecular formula is C19H22FNO4S. The van der Waals surface area contributed by atoms with E-state index in [0.29, 0.717) is 12.0 Å². The summed E-state index contributed by atoms with van der Waals surface area (Å²) in [5.74, 6) is -0.510. The van der Waals surface area contributed by atoms with Crippen molar-refractivity contribution in [2.75, 3.05) is 19.9 Å². The number of ether oxygens (including phenoxy) is 1. The second kappa shape index (κ2) is 8.91. The Morgan fingerprint density at radius 3 is 2.46 bits per heavy atom. The topological polar surface area (TPSA) is 72.5 Å². The summed E-state index contributed by atoms with van der Waals surface area (Å²) in [6.45, 7) is 0.242. The van der Waals surface area contributed by atoms with Crippen LogP contribution in [0.25, 0.3) is 0 Å². The number of methoxy groups -OCH3 is 1. The number of halogens is 1. The molecule has 2 aromatic carbocycles. The Morgan fingerprint density at radius 1 is 1.19 bits per heavy atom. The minimum atomic E-state index is -3.22. The highest BCUT2D eigenvalue weighted by molar-refractivity contribution is 7.90. The fraction of sp³-hybridized carbons (Fsp3) is 0.316. The van der Waals surface area contributed by atoms with Crippen molar-refractivity contribution >= 4 is 15.7 Å². The Hall–Kier alpha value is -2.25. The lowest BCUT2D eigenvalue weighted by Gasteiger charge is -2.16. The average Bonchev–Trinajstić information content (AvgIpc) is 2.60. The highest BCUT2D eigenvalue weighted by atomic mass is 32.2. The van der Waals surface area contributed by atoms with E-state index in [1.165, 1.54) is 31.4 Å². The summed E-state index contributed by atoms with van der Waals surface area (Å²) < 4.78 is 41.5. The lowest BCUT2D eigenvalue weighted by molar-refractivity contribution is -0.121. The first-order valence-corrected chi connectivity index (χ1v) is 10.0. The fourth-order valence-electron chi connectivity index (χ4n) is 2.50. The Bertz CT molecular complexity index is 850. The average molecular weight is 379 g/mol. The minimum Gasteiger partial charge on any atom is -0.375 e. The van der Waals surface area contributed by atoms with Crippen LogP contribution in [0.4, 0.5) is 4.39 Å². The number of nitrogens with one attached hydrogen (secondary N) is 1. The van der Waals surface area contributed by atoms with E-state index in [0.717, 1.165) is 11.8 Å². The zero-order valence-electron chi connectivity index (χ0n) is 14.7. The molecule has 26 heavy (non-hydrogen) atoms. The third-order valence-corrected chi connectivity index (χ3v) is 5.11. The largest absolute Gasteiger partial charge is 0.375 e. The zero-order chi connectivity index (χ0) is 19.2. The standard InChI is InChI=1S/C19H22FNO4S/c1-25-18(15-4-3-5-16(20)12-15)13-21-19(22)11-8-14-6-9-17(10-7-14)26(2,23)24/h3-7,9-10,12,18H,8,11,13H2,1-2H3,(H,21,22). The molecule has 0 saturated carbocycles. The van der Waals surface area contributed by atoms with Gasteiger partial charge >= 0.3 is 0 Å². The van der Waals surface area contributed by atoms with Crippen LogP contribution in [0.1, 0.15) is 23.7 Å². The van der Waals surface area contributed by atoms with Crippen molar-refractivity contribution in [1.29, 1.82) is 0 Å². The first-order valence-electron chi connectivity index (χ1n) is 8.13.